The Hall–Kier alpha value is -3.85. The van der Waals surface area contributed by atoms with Gasteiger partial charge in [0, 0.05) is 22.2 Å². The number of benzene rings is 3. The summed E-state index contributed by atoms with van der Waals surface area (Å²) in [4.78, 5) is 46.4. The molecule has 8 nitrogen and oxygen atoms in total. The molecule has 9 heteroatoms. The number of halogens is 1. The lowest BCUT2D eigenvalue weighted by atomic mass is 10.1. The van der Waals surface area contributed by atoms with Crippen LogP contribution in [-0.4, -0.2) is 29.3 Å². The molecule has 0 saturated heterocycles. The number of ketones is 1. The second-order valence-electron chi connectivity index (χ2n) is 6.22. The van der Waals surface area contributed by atoms with Gasteiger partial charge >= 0.3 is 11.9 Å². The number of Topliss-reactive ketones (excluding diaryl/α,β-unsaturated/α-hetero) is 1. The summed E-state index contributed by atoms with van der Waals surface area (Å²) >= 11 is 3.27. The van der Waals surface area contributed by atoms with Crippen molar-refractivity contribution in [3.05, 3.63) is 104 Å². The summed E-state index contributed by atoms with van der Waals surface area (Å²) in [6, 6.07) is 17.2. The second-order valence-corrected chi connectivity index (χ2v) is 7.14. The van der Waals surface area contributed by atoms with Gasteiger partial charge in [-0.3, -0.25) is 14.9 Å². The molecule has 0 aliphatic heterocycles. The fourth-order valence-corrected chi connectivity index (χ4v) is 2.74. The molecular weight excluding hydrogens is 470 g/mol. The van der Waals surface area contributed by atoms with Crippen LogP contribution in [0.25, 0.3) is 0 Å². The van der Waals surface area contributed by atoms with Crippen molar-refractivity contribution >= 4 is 39.3 Å². The van der Waals surface area contributed by atoms with Gasteiger partial charge in [0.15, 0.2) is 12.4 Å². The molecule has 0 aliphatic rings. The molecule has 3 aromatic carbocycles. The quantitative estimate of drug-likeness (QED) is 0.158. The van der Waals surface area contributed by atoms with Crippen LogP contribution in [0.2, 0.25) is 0 Å². The minimum Gasteiger partial charge on any atom is -0.454 e. The van der Waals surface area contributed by atoms with Crippen LogP contribution in [0.1, 0.15) is 31.1 Å². The van der Waals surface area contributed by atoms with Crippen molar-refractivity contribution in [1.29, 1.82) is 0 Å². The molecule has 0 amide bonds. The topological polar surface area (TPSA) is 113 Å². The van der Waals surface area contributed by atoms with Crippen LogP contribution in [-0.2, 0) is 4.74 Å². The zero-order valence-electron chi connectivity index (χ0n) is 15.8. The summed E-state index contributed by atoms with van der Waals surface area (Å²) in [6.07, 6.45) is 0. The predicted molar refractivity (Wildman–Crippen MR) is 113 cm³/mol. The molecule has 0 spiro atoms. The maximum absolute atomic E-state index is 12.2. The molecular formula is C22H14BrNO7. The molecule has 0 N–H and O–H groups in total. The van der Waals surface area contributed by atoms with E-state index in [0.717, 1.165) is 4.47 Å². The number of nitro benzene ring substituents is 1. The fraction of sp³-hybridized carbons (Fsp3) is 0.0455. The van der Waals surface area contributed by atoms with Crippen LogP contribution in [0.5, 0.6) is 5.75 Å². The Labute approximate surface area is 184 Å². The standard InChI is InChI=1S/C22H14BrNO7/c23-17-7-1-15(2-8-17)21(26)30-13-20(25)14-5-11-19(12-6-14)31-22(27)16-3-9-18(10-4-16)24(28)29/h1-12H,13H2. The number of non-ortho nitro benzene ring substituents is 1. The van der Waals surface area contributed by atoms with E-state index in [0.29, 0.717) is 5.56 Å². The van der Waals surface area contributed by atoms with E-state index in [4.69, 9.17) is 9.47 Å². The van der Waals surface area contributed by atoms with Gasteiger partial charge in [-0.05, 0) is 60.7 Å². The molecule has 3 rings (SSSR count). The lowest BCUT2D eigenvalue weighted by Crippen LogP contribution is -2.14. The minimum absolute atomic E-state index is 0.139. The molecule has 0 aliphatic carbocycles. The maximum atomic E-state index is 12.2. The molecule has 0 bridgehead atoms. The van der Waals surface area contributed by atoms with E-state index in [2.05, 4.69) is 15.9 Å². The van der Waals surface area contributed by atoms with Crippen LogP contribution in [0.3, 0.4) is 0 Å². The number of ether oxygens (including phenoxy) is 2. The molecule has 0 heterocycles. The Morgan fingerprint density at radius 1 is 0.774 bits per heavy atom. The third-order valence-electron chi connectivity index (χ3n) is 4.11. The Bertz CT molecular complexity index is 1120. The van der Waals surface area contributed by atoms with Gasteiger partial charge in [0.2, 0.25) is 0 Å². The van der Waals surface area contributed by atoms with Crippen molar-refractivity contribution in [2.75, 3.05) is 6.61 Å². The summed E-state index contributed by atoms with van der Waals surface area (Å²) in [6.45, 7) is -0.434. The highest BCUT2D eigenvalue weighted by atomic mass is 79.9. The molecule has 31 heavy (non-hydrogen) atoms. The SMILES string of the molecule is O=C(COC(=O)c1ccc(Br)cc1)c1ccc(OC(=O)c2ccc([N+](=O)[O-])cc2)cc1. The number of hydrogen-bond donors (Lipinski definition) is 0. The van der Waals surface area contributed by atoms with Crippen LogP contribution in [0.15, 0.2) is 77.3 Å². The van der Waals surface area contributed by atoms with Gasteiger partial charge in [-0.1, -0.05) is 15.9 Å². The zero-order chi connectivity index (χ0) is 22.4. The van der Waals surface area contributed by atoms with E-state index in [-0.39, 0.29) is 22.6 Å². The molecule has 0 aromatic heterocycles. The number of esters is 2. The summed E-state index contributed by atoms with van der Waals surface area (Å²) in [5.41, 5.74) is 0.606. The second kappa shape index (κ2) is 9.77. The van der Waals surface area contributed by atoms with Gasteiger partial charge in [-0.2, -0.15) is 0 Å². The number of carbonyl (C=O) groups excluding carboxylic acids is 3. The van der Waals surface area contributed by atoms with E-state index in [1.807, 2.05) is 0 Å². The molecule has 0 saturated carbocycles. The molecule has 156 valence electrons. The number of nitrogens with zero attached hydrogens (tertiary/aromatic N) is 1. The first-order valence-electron chi connectivity index (χ1n) is 8.86. The van der Waals surface area contributed by atoms with Gasteiger partial charge < -0.3 is 9.47 Å². The van der Waals surface area contributed by atoms with E-state index >= 15 is 0 Å². The average molecular weight is 484 g/mol. The van der Waals surface area contributed by atoms with Gasteiger partial charge in [0.25, 0.3) is 5.69 Å². The van der Waals surface area contributed by atoms with Crippen molar-refractivity contribution in [2.45, 2.75) is 0 Å². The van der Waals surface area contributed by atoms with E-state index in [1.54, 1.807) is 24.3 Å². The Morgan fingerprint density at radius 2 is 1.29 bits per heavy atom. The van der Waals surface area contributed by atoms with Gasteiger partial charge in [-0.25, -0.2) is 9.59 Å². The first kappa shape index (κ1) is 21.8. The van der Waals surface area contributed by atoms with E-state index in [9.17, 15) is 24.5 Å². The Kier molecular flexibility index (Phi) is 6.88. The first-order chi connectivity index (χ1) is 14.8. The van der Waals surface area contributed by atoms with Crippen LogP contribution in [0, 0.1) is 10.1 Å². The fourth-order valence-electron chi connectivity index (χ4n) is 2.48. The maximum Gasteiger partial charge on any atom is 0.343 e. The van der Waals surface area contributed by atoms with Gasteiger partial charge in [-0.15, -0.1) is 0 Å². The third kappa shape index (κ3) is 5.83. The van der Waals surface area contributed by atoms with Crippen molar-refractivity contribution in [3.8, 4) is 5.75 Å². The summed E-state index contributed by atoms with van der Waals surface area (Å²) in [5, 5.41) is 10.7. The Morgan fingerprint density at radius 3 is 1.87 bits per heavy atom. The number of rotatable bonds is 7. The monoisotopic (exact) mass is 483 g/mol. The van der Waals surface area contributed by atoms with Crippen LogP contribution in [0.4, 0.5) is 5.69 Å². The lowest BCUT2D eigenvalue weighted by Gasteiger charge is -2.07. The largest absolute Gasteiger partial charge is 0.454 e. The number of hydrogen-bond acceptors (Lipinski definition) is 7. The number of nitro groups is 1. The third-order valence-corrected chi connectivity index (χ3v) is 4.64. The van der Waals surface area contributed by atoms with Crippen LogP contribution < -0.4 is 4.74 Å². The predicted octanol–water partition coefficient (Wildman–Crippen LogP) is 4.62. The summed E-state index contributed by atoms with van der Waals surface area (Å²) < 4.78 is 11.0. The molecule has 0 radical (unpaired) electrons. The highest BCUT2D eigenvalue weighted by molar-refractivity contribution is 9.10. The molecule has 0 unspecified atom stereocenters. The molecule has 3 aromatic rings. The highest BCUT2D eigenvalue weighted by Gasteiger charge is 2.14. The van der Waals surface area contributed by atoms with Gasteiger partial charge in [0.1, 0.15) is 5.75 Å². The highest BCUT2D eigenvalue weighted by Crippen LogP contribution is 2.17. The van der Waals surface area contributed by atoms with Crippen molar-refractivity contribution in [2.24, 2.45) is 0 Å². The number of carbonyl (C=O) groups is 3. The summed E-state index contributed by atoms with van der Waals surface area (Å²) in [5.74, 6) is -1.54. The van der Waals surface area contributed by atoms with Crippen molar-refractivity contribution in [1.82, 2.24) is 0 Å². The minimum atomic E-state index is -0.697. The lowest BCUT2D eigenvalue weighted by molar-refractivity contribution is -0.384. The van der Waals surface area contributed by atoms with Gasteiger partial charge in [0.05, 0.1) is 16.1 Å². The smallest absolute Gasteiger partial charge is 0.343 e. The molecule has 0 atom stereocenters. The molecule has 0 fully saturated rings. The van der Waals surface area contributed by atoms with E-state index < -0.39 is 29.3 Å². The first-order valence-corrected chi connectivity index (χ1v) is 9.65. The normalized spacial score (nSPS) is 10.2. The van der Waals surface area contributed by atoms with Crippen molar-refractivity contribution < 1.29 is 28.8 Å². The zero-order valence-corrected chi connectivity index (χ0v) is 17.4. The Balaban J connectivity index is 1.55. The summed E-state index contributed by atoms with van der Waals surface area (Å²) in [7, 11) is 0. The van der Waals surface area contributed by atoms with Crippen molar-refractivity contribution in [3.63, 3.8) is 0 Å². The van der Waals surface area contributed by atoms with E-state index in [1.165, 1.54) is 48.5 Å². The average Bonchev–Trinajstić information content (AvgIpc) is 2.78. The van der Waals surface area contributed by atoms with Crippen LogP contribution >= 0.6 is 15.9 Å².